The summed E-state index contributed by atoms with van der Waals surface area (Å²) in [5, 5.41) is 3.28. The first-order valence-electron chi connectivity index (χ1n) is 6.59. The lowest BCUT2D eigenvalue weighted by atomic mass is 10.0. The van der Waals surface area contributed by atoms with E-state index in [1.807, 2.05) is 37.4 Å². The molecule has 104 valence electrons. The molecule has 0 fully saturated rings. The van der Waals surface area contributed by atoms with Gasteiger partial charge in [0.2, 0.25) is 0 Å². The van der Waals surface area contributed by atoms with Gasteiger partial charge in [-0.05, 0) is 36.9 Å². The van der Waals surface area contributed by atoms with Crippen LogP contribution in [0.15, 0.2) is 53.4 Å². The van der Waals surface area contributed by atoms with Gasteiger partial charge in [-0.25, -0.2) is 4.39 Å². The van der Waals surface area contributed by atoms with Crippen molar-refractivity contribution < 1.29 is 9.13 Å². The van der Waals surface area contributed by atoms with Gasteiger partial charge in [-0.3, -0.25) is 0 Å². The molecule has 0 radical (unpaired) electrons. The van der Waals surface area contributed by atoms with Crippen molar-refractivity contribution in [1.82, 2.24) is 5.32 Å². The number of likely N-dealkylation sites (N-methyl/N-ethyl adjacent to an activating group) is 1. The van der Waals surface area contributed by atoms with E-state index in [-0.39, 0.29) is 18.0 Å². The van der Waals surface area contributed by atoms with E-state index < -0.39 is 0 Å². The van der Waals surface area contributed by atoms with Crippen LogP contribution in [0.2, 0.25) is 0 Å². The number of hydrogen-bond acceptors (Lipinski definition) is 3. The molecule has 0 spiro atoms. The Balaban J connectivity index is 1.83. The van der Waals surface area contributed by atoms with Crippen LogP contribution >= 0.6 is 11.8 Å². The lowest BCUT2D eigenvalue weighted by Crippen LogP contribution is -2.37. The number of nitrogens with one attached hydrogen (secondary N) is 1. The largest absolute Gasteiger partial charge is 0.486 e. The lowest BCUT2D eigenvalue weighted by Gasteiger charge is -2.32. The highest BCUT2D eigenvalue weighted by Crippen LogP contribution is 2.38. The fraction of sp³-hybridized carbons (Fsp3) is 0.250. The fourth-order valence-corrected chi connectivity index (χ4v) is 3.47. The summed E-state index contributed by atoms with van der Waals surface area (Å²) >= 11 is 1.80. The summed E-state index contributed by atoms with van der Waals surface area (Å²) in [6.45, 7) is 0. The van der Waals surface area contributed by atoms with E-state index in [1.54, 1.807) is 11.8 Å². The van der Waals surface area contributed by atoms with Crippen LogP contribution in [0.3, 0.4) is 0 Å². The summed E-state index contributed by atoms with van der Waals surface area (Å²) in [4.78, 5) is 1.18. The van der Waals surface area contributed by atoms with Crippen molar-refractivity contribution in [2.75, 3.05) is 12.8 Å². The average Bonchev–Trinajstić information content (AvgIpc) is 2.50. The summed E-state index contributed by atoms with van der Waals surface area (Å²) in [6, 6.07) is 14.7. The van der Waals surface area contributed by atoms with Gasteiger partial charge in [-0.1, -0.05) is 24.3 Å². The molecule has 0 amide bonds. The molecule has 1 aliphatic heterocycles. The van der Waals surface area contributed by atoms with Crippen LogP contribution in [0.4, 0.5) is 4.39 Å². The second-order valence-corrected chi connectivity index (χ2v) is 5.79. The van der Waals surface area contributed by atoms with E-state index in [9.17, 15) is 4.39 Å². The second kappa shape index (κ2) is 5.85. The minimum absolute atomic E-state index is 0.0327. The zero-order valence-corrected chi connectivity index (χ0v) is 12.0. The molecule has 2 nitrogen and oxygen atoms in total. The van der Waals surface area contributed by atoms with Gasteiger partial charge in [-0.15, -0.1) is 11.8 Å². The third kappa shape index (κ3) is 2.67. The van der Waals surface area contributed by atoms with Gasteiger partial charge in [0.15, 0.2) is 0 Å². The van der Waals surface area contributed by atoms with Crippen molar-refractivity contribution in [2.45, 2.75) is 17.0 Å². The summed E-state index contributed by atoms with van der Waals surface area (Å²) in [6.07, 6.45) is 0.0327. The molecule has 20 heavy (non-hydrogen) atoms. The number of thioether (sulfide) groups is 1. The summed E-state index contributed by atoms with van der Waals surface area (Å²) in [5.74, 6) is 1.59. The van der Waals surface area contributed by atoms with Crippen molar-refractivity contribution in [3.63, 3.8) is 0 Å². The van der Waals surface area contributed by atoms with Gasteiger partial charge in [0, 0.05) is 10.6 Å². The quantitative estimate of drug-likeness (QED) is 0.932. The molecule has 2 atom stereocenters. The van der Waals surface area contributed by atoms with Crippen LogP contribution < -0.4 is 10.1 Å². The molecule has 1 N–H and O–H groups in total. The first-order valence-corrected chi connectivity index (χ1v) is 7.57. The fourth-order valence-electron chi connectivity index (χ4n) is 2.44. The van der Waals surface area contributed by atoms with Crippen molar-refractivity contribution in [1.29, 1.82) is 0 Å². The number of benzene rings is 2. The number of hydrogen-bond donors (Lipinski definition) is 1. The Morgan fingerprint density at radius 1 is 1.20 bits per heavy atom. The van der Waals surface area contributed by atoms with E-state index >= 15 is 0 Å². The average molecular weight is 289 g/mol. The van der Waals surface area contributed by atoms with E-state index in [4.69, 9.17) is 4.74 Å². The molecular formula is C16H16FNOS. The van der Waals surface area contributed by atoms with Crippen molar-refractivity contribution >= 4 is 11.8 Å². The number of para-hydroxylation sites is 1. The van der Waals surface area contributed by atoms with E-state index in [0.717, 1.165) is 17.1 Å². The zero-order valence-electron chi connectivity index (χ0n) is 11.2. The van der Waals surface area contributed by atoms with Crippen molar-refractivity contribution in [2.24, 2.45) is 0 Å². The Labute approximate surface area is 122 Å². The Hall–Kier alpha value is -1.52. The van der Waals surface area contributed by atoms with E-state index in [0.29, 0.717) is 0 Å². The first kappa shape index (κ1) is 13.5. The van der Waals surface area contributed by atoms with Crippen LogP contribution in [0.1, 0.15) is 11.6 Å². The third-order valence-electron chi connectivity index (χ3n) is 3.44. The lowest BCUT2D eigenvalue weighted by molar-refractivity contribution is 0.171. The molecule has 0 aromatic heterocycles. The SMILES string of the molecule is CNC(c1ccc(F)cc1)C1CSc2ccccc2O1. The van der Waals surface area contributed by atoms with Gasteiger partial charge in [-0.2, -0.15) is 0 Å². The Morgan fingerprint density at radius 3 is 2.70 bits per heavy atom. The Bertz CT molecular complexity index is 587. The van der Waals surface area contributed by atoms with Crippen LogP contribution in [-0.4, -0.2) is 18.9 Å². The summed E-state index contributed by atoms with van der Waals surface area (Å²) < 4.78 is 19.1. The number of halogens is 1. The Kier molecular flexibility index (Phi) is 3.94. The molecule has 3 rings (SSSR count). The zero-order chi connectivity index (χ0) is 13.9. The van der Waals surface area contributed by atoms with Crippen LogP contribution in [-0.2, 0) is 0 Å². The molecule has 0 aliphatic carbocycles. The Morgan fingerprint density at radius 2 is 1.95 bits per heavy atom. The molecule has 2 unspecified atom stereocenters. The first-order chi connectivity index (χ1) is 9.78. The highest BCUT2D eigenvalue weighted by molar-refractivity contribution is 7.99. The molecule has 0 saturated heterocycles. The molecule has 1 aliphatic rings. The van der Waals surface area contributed by atoms with Crippen molar-refractivity contribution in [3.8, 4) is 5.75 Å². The number of fused-ring (bicyclic) bond motifs is 1. The summed E-state index contributed by atoms with van der Waals surface area (Å²) in [7, 11) is 1.91. The standard InChI is InChI=1S/C16H16FNOS/c1-18-16(11-6-8-12(17)9-7-11)14-10-20-15-5-3-2-4-13(15)19-14/h2-9,14,16,18H,10H2,1H3. The van der Waals surface area contributed by atoms with Crippen LogP contribution in [0.25, 0.3) is 0 Å². The molecule has 0 bridgehead atoms. The van der Waals surface area contributed by atoms with Gasteiger partial charge < -0.3 is 10.1 Å². The molecule has 4 heteroatoms. The van der Waals surface area contributed by atoms with Gasteiger partial charge in [0.25, 0.3) is 0 Å². The molecule has 2 aromatic carbocycles. The monoisotopic (exact) mass is 289 g/mol. The maximum absolute atomic E-state index is 13.0. The summed E-state index contributed by atoms with van der Waals surface area (Å²) in [5.41, 5.74) is 1.04. The highest BCUT2D eigenvalue weighted by Gasteiger charge is 2.28. The predicted octanol–water partition coefficient (Wildman–Crippen LogP) is 3.64. The predicted molar refractivity (Wildman–Crippen MR) is 79.8 cm³/mol. The number of rotatable bonds is 3. The molecule has 2 aromatic rings. The van der Waals surface area contributed by atoms with Crippen LogP contribution in [0.5, 0.6) is 5.75 Å². The molecule has 1 heterocycles. The normalized spacial score (nSPS) is 19.0. The van der Waals surface area contributed by atoms with Gasteiger partial charge >= 0.3 is 0 Å². The maximum atomic E-state index is 13.0. The topological polar surface area (TPSA) is 21.3 Å². The number of ether oxygens (including phenoxy) is 1. The van der Waals surface area contributed by atoms with Gasteiger partial charge in [0.1, 0.15) is 17.7 Å². The second-order valence-electron chi connectivity index (χ2n) is 4.73. The minimum Gasteiger partial charge on any atom is -0.486 e. The highest BCUT2D eigenvalue weighted by atomic mass is 32.2. The van der Waals surface area contributed by atoms with E-state index in [2.05, 4.69) is 11.4 Å². The van der Waals surface area contributed by atoms with Gasteiger partial charge in [0.05, 0.1) is 6.04 Å². The smallest absolute Gasteiger partial charge is 0.133 e. The third-order valence-corrected chi connectivity index (χ3v) is 4.59. The minimum atomic E-state index is -0.215. The molecular weight excluding hydrogens is 273 g/mol. The van der Waals surface area contributed by atoms with Crippen molar-refractivity contribution in [3.05, 3.63) is 59.9 Å². The van der Waals surface area contributed by atoms with Crippen LogP contribution in [0, 0.1) is 5.82 Å². The molecule has 0 saturated carbocycles. The van der Waals surface area contributed by atoms with E-state index in [1.165, 1.54) is 17.0 Å². The maximum Gasteiger partial charge on any atom is 0.133 e.